The fourth-order valence-corrected chi connectivity index (χ4v) is 2.45. The lowest BCUT2D eigenvalue weighted by molar-refractivity contribution is 0.0599. The third-order valence-corrected chi connectivity index (χ3v) is 3.88. The molecule has 1 atom stereocenters. The van der Waals surface area contributed by atoms with Crippen LogP contribution in [0.3, 0.4) is 0 Å². The summed E-state index contributed by atoms with van der Waals surface area (Å²) in [6.07, 6.45) is 3.55. The van der Waals surface area contributed by atoms with Gasteiger partial charge in [-0.15, -0.1) is 0 Å². The van der Waals surface area contributed by atoms with Gasteiger partial charge in [0.1, 0.15) is 5.60 Å². The summed E-state index contributed by atoms with van der Waals surface area (Å²) in [5.74, 6) is 0. The van der Waals surface area contributed by atoms with Crippen LogP contribution in [0.15, 0.2) is 73.1 Å². The number of nitrogens with zero attached hydrogens (tertiary/aromatic N) is 2. The maximum Gasteiger partial charge on any atom is 0.319 e. The minimum Gasteiger partial charge on any atom is -0.384 e. The zero-order valence-corrected chi connectivity index (χ0v) is 13.9. The number of aliphatic hydroxyl groups is 1. The van der Waals surface area contributed by atoms with Crippen molar-refractivity contribution >= 4 is 11.7 Å². The van der Waals surface area contributed by atoms with Crippen molar-refractivity contribution in [1.82, 2.24) is 15.1 Å². The number of urea groups is 1. The van der Waals surface area contributed by atoms with Crippen molar-refractivity contribution in [3.63, 3.8) is 0 Å². The number of rotatable bonds is 5. The molecule has 3 rings (SSSR count). The van der Waals surface area contributed by atoms with Gasteiger partial charge < -0.3 is 15.7 Å². The molecule has 0 aliphatic carbocycles. The largest absolute Gasteiger partial charge is 0.384 e. The highest BCUT2D eigenvalue weighted by atomic mass is 16.3. The van der Waals surface area contributed by atoms with Gasteiger partial charge in [0.15, 0.2) is 0 Å². The van der Waals surface area contributed by atoms with Crippen LogP contribution in [-0.4, -0.2) is 27.5 Å². The Morgan fingerprint density at radius 3 is 2.48 bits per heavy atom. The van der Waals surface area contributed by atoms with Crippen LogP contribution in [0.1, 0.15) is 12.5 Å². The second-order valence-corrected chi connectivity index (χ2v) is 5.95. The molecule has 25 heavy (non-hydrogen) atoms. The van der Waals surface area contributed by atoms with Gasteiger partial charge in [0, 0.05) is 18.1 Å². The number of nitrogens with one attached hydrogen (secondary N) is 2. The van der Waals surface area contributed by atoms with E-state index in [-0.39, 0.29) is 12.6 Å². The van der Waals surface area contributed by atoms with Crippen molar-refractivity contribution < 1.29 is 9.90 Å². The molecule has 0 aliphatic heterocycles. The maximum absolute atomic E-state index is 12.1. The molecule has 6 heteroatoms. The highest BCUT2D eigenvalue weighted by Gasteiger charge is 2.23. The molecule has 0 saturated heterocycles. The van der Waals surface area contributed by atoms with Crippen LogP contribution in [0.2, 0.25) is 0 Å². The maximum atomic E-state index is 12.1. The topological polar surface area (TPSA) is 79.2 Å². The lowest BCUT2D eigenvalue weighted by Crippen LogP contribution is -2.40. The molecular weight excluding hydrogens is 316 g/mol. The van der Waals surface area contributed by atoms with E-state index >= 15 is 0 Å². The average Bonchev–Trinajstić information content (AvgIpc) is 3.16. The summed E-state index contributed by atoms with van der Waals surface area (Å²) in [6.45, 7) is 1.77. The van der Waals surface area contributed by atoms with Crippen molar-refractivity contribution in [3.8, 4) is 5.69 Å². The van der Waals surface area contributed by atoms with Crippen molar-refractivity contribution in [1.29, 1.82) is 0 Å². The number of hydrogen-bond acceptors (Lipinski definition) is 3. The molecule has 0 saturated carbocycles. The van der Waals surface area contributed by atoms with E-state index in [4.69, 9.17) is 0 Å². The van der Waals surface area contributed by atoms with Crippen LogP contribution in [-0.2, 0) is 5.60 Å². The molecule has 3 aromatic rings. The molecule has 1 aromatic heterocycles. The fraction of sp³-hybridized carbons (Fsp3) is 0.158. The lowest BCUT2D eigenvalue weighted by Gasteiger charge is -2.24. The second-order valence-electron chi connectivity index (χ2n) is 5.95. The Hall–Kier alpha value is -3.12. The van der Waals surface area contributed by atoms with E-state index in [9.17, 15) is 9.90 Å². The molecule has 128 valence electrons. The monoisotopic (exact) mass is 336 g/mol. The zero-order valence-electron chi connectivity index (χ0n) is 13.9. The van der Waals surface area contributed by atoms with Gasteiger partial charge >= 0.3 is 6.03 Å². The normalized spacial score (nSPS) is 13.0. The van der Waals surface area contributed by atoms with Crippen LogP contribution >= 0.6 is 0 Å². The predicted molar refractivity (Wildman–Crippen MR) is 96.6 cm³/mol. The van der Waals surface area contributed by atoms with Crippen molar-refractivity contribution in [2.24, 2.45) is 0 Å². The van der Waals surface area contributed by atoms with Gasteiger partial charge in [-0.25, -0.2) is 9.48 Å². The highest BCUT2D eigenvalue weighted by Crippen LogP contribution is 2.19. The molecule has 6 nitrogen and oxygen atoms in total. The Bertz CT molecular complexity index is 812. The minimum atomic E-state index is -1.14. The van der Waals surface area contributed by atoms with Gasteiger partial charge in [-0.1, -0.05) is 30.3 Å². The van der Waals surface area contributed by atoms with Crippen molar-refractivity contribution in [2.45, 2.75) is 12.5 Å². The van der Waals surface area contributed by atoms with E-state index < -0.39 is 5.60 Å². The molecule has 0 spiro atoms. The fourth-order valence-electron chi connectivity index (χ4n) is 2.45. The summed E-state index contributed by atoms with van der Waals surface area (Å²) < 4.78 is 1.74. The molecule has 2 aromatic carbocycles. The number of carbonyl (C=O) groups excluding carboxylic acids is 1. The molecule has 2 amide bonds. The first kappa shape index (κ1) is 16.7. The van der Waals surface area contributed by atoms with Gasteiger partial charge in [-0.2, -0.15) is 5.10 Å². The van der Waals surface area contributed by atoms with Gasteiger partial charge in [0.25, 0.3) is 0 Å². The zero-order chi connectivity index (χ0) is 17.7. The number of aromatic nitrogens is 2. The standard InChI is InChI=1S/C19H20N4O2/c1-19(25,15-6-3-2-4-7-15)14-20-18(24)22-16-8-10-17(11-9-16)23-13-5-12-21-23/h2-13,25H,14H2,1H3,(H2,20,22,24). The molecular formula is C19H20N4O2. The number of carbonyl (C=O) groups is 1. The number of anilines is 1. The van der Waals surface area contributed by atoms with Gasteiger partial charge in [-0.3, -0.25) is 0 Å². The Morgan fingerprint density at radius 1 is 1.12 bits per heavy atom. The quantitative estimate of drug-likeness (QED) is 0.670. The highest BCUT2D eigenvalue weighted by molar-refractivity contribution is 5.89. The van der Waals surface area contributed by atoms with Crippen LogP contribution in [0.5, 0.6) is 0 Å². The summed E-state index contributed by atoms with van der Waals surface area (Å²) in [5.41, 5.74) is 1.18. The number of hydrogen-bond donors (Lipinski definition) is 3. The number of amides is 2. The molecule has 1 heterocycles. The Balaban J connectivity index is 1.56. The third kappa shape index (κ3) is 4.24. The van der Waals surface area contributed by atoms with Crippen LogP contribution in [0, 0.1) is 0 Å². The molecule has 0 radical (unpaired) electrons. The molecule has 0 bridgehead atoms. The molecule has 0 aliphatic rings. The first-order valence-electron chi connectivity index (χ1n) is 7.97. The molecule has 3 N–H and O–H groups in total. The van der Waals surface area contributed by atoms with E-state index in [1.807, 2.05) is 54.7 Å². The van der Waals surface area contributed by atoms with Gasteiger partial charge in [-0.05, 0) is 42.8 Å². The summed E-state index contributed by atoms with van der Waals surface area (Å²) in [4.78, 5) is 12.1. The summed E-state index contributed by atoms with van der Waals surface area (Å²) >= 11 is 0. The SMILES string of the molecule is CC(O)(CNC(=O)Nc1ccc(-n2cccn2)cc1)c1ccccc1. The van der Waals surface area contributed by atoms with E-state index in [0.717, 1.165) is 11.3 Å². The van der Waals surface area contributed by atoms with Gasteiger partial charge in [0.05, 0.1) is 12.2 Å². The summed E-state index contributed by atoms with van der Waals surface area (Å²) in [7, 11) is 0. The van der Waals surface area contributed by atoms with Crippen LogP contribution in [0.4, 0.5) is 10.5 Å². The van der Waals surface area contributed by atoms with Crippen LogP contribution < -0.4 is 10.6 Å². The first-order chi connectivity index (χ1) is 12.0. The van der Waals surface area contributed by atoms with E-state index in [1.54, 1.807) is 29.9 Å². The smallest absolute Gasteiger partial charge is 0.319 e. The van der Waals surface area contributed by atoms with Crippen molar-refractivity contribution in [2.75, 3.05) is 11.9 Å². The molecule has 1 unspecified atom stereocenters. The van der Waals surface area contributed by atoms with Gasteiger partial charge in [0.2, 0.25) is 0 Å². The lowest BCUT2D eigenvalue weighted by atomic mass is 9.96. The summed E-state index contributed by atoms with van der Waals surface area (Å²) in [6, 6.07) is 18.0. The van der Waals surface area contributed by atoms with Crippen molar-refractivity contribution in [3.05, 3.63) is 78.6 Å². The minimum absolute atomic E-state index is 0.105. The van der Waals surface area contributed by atoms with E-state index in [1.165, 1.54) is 0 Å². The summed E-state index contributed by atoms with van der Waals surface area (Å²) in [5, 5.41) is 20.1. The number of benzene rings is 2. The van der Waals surface area contributed by atoms with Crippen LogP contribution in [0.25, 0.3) is 5.69 Å². The first-order valence-corrected chi connectivity index (χ1v) is 7.97. The van der Waals surface area contributed by atoms with E-state index in [0.29, 0.717) is 5.69 Å². The molecule has 0 fully saturated rings. The predicted octanol–water partition coefficient (Wildman–Crippen LogP) is 2.90. The third-order valence-electron chi connectivity index (χ3n) is 3.88. The Morgan fingerprint density at radius 2 is 1.84 bits per heavy atom. The Kier molecular flexibility index (Phi) is 4.81. The second kappa shape index (κ2) is 7.19. The van der Waals surface area contributed by atoms with E-state index in [2.05, 4.69) is 15.7 Å². The Labute approximate surface area is 146 Å². The average molecular weight is 336 g/mol.